The molecule has 0 fully saturated rings. The zero-order chi connectivity index (χ0) is 17.8. The molecule has 3 rings (SSSR count). The molecule has 0 bridgehead atoms. The maximum atomic E-state index is 13.1. The van der Waals surface area contributed by atoms with Crippen LogP contribution in [0.2, 0.25) is 0 Å². The summed E-state index contributed by atoms with van der Waals surface area (Å²) in [5, 5.41) is 11.0. The van der Waals surface area contributed by atoms with E-state index in [-0.39, 0.29) is 17.5 Å². The third kappa shape index (κ3) is 4.45. The lowest BCUT2D eigenvalue weighted by Gasteiger charge is -2.07. The van der Waals surface area contributed by atoms with Gasteiger partial charge < -0.3 is 9.73 Å². The van der Waals surface area contributed by atoms with Crippen LogP contribution in [0.15, 0.2) is 52.1 Å². The average Bonchev–Trinajstić information content (AvgIpc) is 3.05. The molecule has 0 aliphatic carbocycles. The Morgan fingerprint density at radius 3 is 2.80 bits per heavy atom. The van der Waals surface area contributed by atoms with Crippen LogP contribution in [-0.4, -0.2) is 21.9 Å². The number of halogens is 1. The Kier molecular flexibility index (Phi) is 5.14. The van der Waals surface area contributed by atoms with Crippen LogP contribution in [0.4, 0.5) is 10.1 Å². The van der Waals surface area contributed by atoms with E-state index in [1.807, 2.05) is 31.2 Å². The quantitative estimate of drug-likeness (QED) is 0.692. The highest BCUT2D eigenvalue weighted by Crippen LogP contribution is 2.24. The number of carbonyl (C=O) groups excluding carboxylic acids is 1. The Morgan fingerprint density at radius 2 is 2.04 bits per heavy atom. The molecular formula is C18H16FN3O2S. The number of carbonyl (C=O) groups is 1. The first-order valence-corrected chi connectivity index (χ1v) is 8.59. The standard InChI is InChI=1S/C18H16FN3O2S/c1-11-4-3-5-13(8-11)17-21-22-18(24-17)25-10-16(23)20-15-7-6-14(19)9-12(15)2/h3-9H,10H2,1-2H3,(H,20,23). The summed E-state index contributed by atoms with van der Waals surface area (Å²) in [7, 11) is 0. The summed E-state index contributed by atoms with van der Waals surface area (Å²) < 4.78 is 18.7. The first-order valence-electron chi connectivity index (χ1n) is 7.60. The van der Waals surface area contributed by atoms with Crippen molar-refractivity contribution in [2.75, 3.05) is 11.1 Å². The van der Waals surface area contributed by atoms with Gasteiger partial charge >= 0.3 is 0 Å². The maximum absolute atomic E-state index is 13.1. The van der Waals surface area contributed by atoms with Crippen molar-refractivity contribution in [1.29, 1.82) is 0 Å². The molecule has 0 atom stereocenters. The number of aryl methyl sites for hydroxylation is 2. The van der Waals surface area contributed by atoms with Gasteiger partial charge in [0.2, 0.25) is 11.8 Å². The van der Waals surface area contributed by atoms with Gasteiger partial charge in [-0.25, -0.2) is 4.39 Å². The number of hydrogen-bond acceptors (Lipinski definition) is 5. The second kappa shape index (κ2) is 7.48. The molecule has 1 N–H and O–H groups in total. The van der Waals surface area contributed by atoms with E-state index in [4.69, 9.17) is 4.42 Å². The van der Waals surface area contributed by atoms with Crippen LogP contribution in [0.5, 0.6) is 0 Å². The van der Waals surface area contributed by atoms with Gasteiger partial charge in [-0.1, -0.05) is 29.5 Å². The fourth-order valence-electron chi connectivity index (χ4n) is 2.24. The van der Waals surface area contributed by atoms with Gasteiger partial charge in [0, 0.05) is 11.3 Å². The topological polar surface area (TPSA) is 68.0 Å². The molecule has 25 heavy (non-hydrogen) atoms. The molecule has 1 heterocycles. The molecule has 2 aromatic carbocycles. The van der Waals surface area contributed by atoms with Crippen molar-refractivity contribution >= 4 is 23.4 Å². The van der Waals surface area contributed by atoms with Crippen molar-refractivity contribution in [2.45, 2.75) is 19.1 Å². The summed E-state index contributed by atoms with van der Waals surface area (Å²) in [4.78, 5) is 12.0. The van der Waals surface area contributed by atoms with Gasteiger partial charge in [-0.15, -0.1) is 10.2 Å². The molecule has 0 saturated carbocycles. The van der Waals surface area contributed by atoms with Crippen molar-refractivity contribution in [1.82, 2.24) is 10.2 Å². The fraction of sp³-hybridized carbons (Fsp3) is 0.167. The first kappa shape index (κ1) is 17.2. The van der Waals surface area contributed by atoms with Gasteiger partial charge in [0.1, 0.15) is 5.82 Å². The van der Waals surface area contributed by atoms with E-state index < -0.39 is 0 Å². The van der Waals surface area contributed by atoms with Gasteiger partial charge in [0.15, 0.2) is 0 Å². The summed E-state index contributed by atoms with van der Waals surface area (Å²) >= 11 is 1.15. The lowest BCUT2D eigenvalue weighted by Crippen LogP contribution is -2.14. The van der Waals surface area contributed by atoms with E-state index in [9.17, 15) is 9.18 Å². The SMILES string of the molecule is Cc1cccc(-c2nnc(SCC(=O)Nc3ccc(F)cc3C)o2)c1. The molecule has 0 aliphatic rings. The molecule has 0 spiro atoms. The predicted molar refractivity (Wildman–Crippen MR) is 95.0 cm³/mol. The number of nitrogens with zero attached hydrogens (tertiary/aromatic N) is 2. The summed E-state index contributed by atoms with van der Waals surface area (Å²) in [5.74, 6) is -0.0258. The highest BCUT2D eigenvalue weighted by molar-refractivity contribution is 7.99. The van der Waals surface area contributed by atoms with E-state index in [0.29, 0.717) is 22.4 Å². The van der Waals surface area contributed by atoms with Gasteiger partial charge in [0.25, 0.3) is 5.22 Å². The molecule has 3 aromatic rings. The van der Waals surface area contributed by atoms with E-state index in [0.717, 1.165) is 22.9 Å². The molecule has 0 unspecified atom stereocenters. The van der Waals surface area contributed by atoms with Crippen LogP contribution in [-0.2, 0) is 4.79 Å². The zero-order valence-electron chi connectivity index (χ0n) is 13.7. The van der Waals surface area contributed by atoms with Crippen molar-refractivity contribution < 1.29 is 13.6 Å². The van der Waals surface area contributed by atoms with E-state index >= 15 is 0 Å². The fourth-order valence-corrected chi connectivity index (χ4v) is 2.81. The molecule has 0 radical (unpaired) electrons. The van der Waals surface area contributed by atoms with Crippen LogP contribution < -0.4 is 5.32 Å². The molecule has 0 aliphatic heterocycles. The van der Waals surface area contributed by atoms with Gasteiger partial charge in [-0.05, 0) is 49.7 Å². The number of hydrogen-bond donors (Lipinski definition) is 1. The molecule has 5 nitrogen and oxygen atoms in total. The number of rotatable bonds is 5. The Labute approximate surface area is 148 Å². The molecule has 0 saturated heterocycles. The van der Waals surface area contributed by atoms with Gasteiger partial charge in [0.05, 0.1) is 5.75 Å². The zero-order valence-corrected chi connectivity index (χ0v) is 14.6. The first-order chi connectivity index (χ1) is 12.0. The minimum atomic E-state index is -0.334. The number of thioether (sulfide) groups is 1. The van der Waals surface area contributed by atoms with E-state index in [1.165, 1.54) is 18.2 Å². The number of nitrogens with one attached hydrogen (secondary N) is 1. The van der Waals surface area contributed by atoms with Crippen molar-refractivity contribution in [3.8, 4) is 11.5 Å². The van der Waals surface area contributed by atoms with Crippen LogP contribution in [0.3, 0.4) is 0 Å². The third-order valence-electron chi connectivity index (χ3n) is 3.46. The average molecular weight is 357 g/mol. The van der Waals surface area contributed by atoms with Crippen LogP contribution in [0.1, 0.15) is 11.1 Å². The number of anilines is 1. The molecule has 7 heteroatoms. The number of benzene rings is 2. The summed E-state index contributed by atoms with van der Waals surface area (Å²) in [6.07, 6.45) is 0. The molecule has 128 valence electrons. The van der Waals surface area contributed by atoms with Crippen molar-refractivity contribution in [3.63, 3.8) is 0 Å². The van der Waals surface area contributed by atoms with Gasteiger partial charge in [-0.2, -0.15) is 0 Å². The number of aromatic nitrogens is 2. The van der Waals surface area contributed by atoms with Crippen LogP contribution in [0.25, 0.3) is 11.5 Å². The van der Waals surface area contributed by atoms with Crippen LogP contribution in [0, 0.1) is 19.7 Å². The Bertz CT molecular complexity index is 911. The molecule has 1 amide bonds. The third-order valence-corrected chi connectivity index (χ3v) is 4.28. The lowest BCUT2D eigenvalue weighted by molar-refractivity contribution is -0.113. The summed E-state index contributed by atoms with van der Waals surface area (Å²) in [6.45, 7) is 3.72. The second-order valence-corrected chi connectivity index (χ2v) is 6.47. The highest BCUT2D eigenvalue weighted by atomic mass is 32.2. The Morgan fingerprint density at radius 1 is 1.20 bits per heavy atom. The minimum absolute atomic E-state index is 0.117. The molecule has 1 aromatic heterocycles. The monoisotopic (exact) mass is 357 g/mol. The van der Waals surface area contributed by atoms with Gasteiger partial charge in [-0.3, -0.25) is 4.79 Å². The predicted octanol–water partition coefficient (Wildman–Crippen LogP) is 4.22. The van der Waals surface area contributed by atoms with E-state index in [2.05, 4.69) is 15.5 Å². The Balaban J connectivity index is 1.59. The normalized spacial score (nSPS) is 10.7. The highest BCUT2D eigenvalue weighted by Gasteiger charge is 2.12. The maximum Gasteiger partial charge on any atom is 0.277 e. The summed E-state index contributed by atoms with van der Waals surface area (Å²) in [5.41, 5.74) is 3.18. The summed E-state index contributed by atoms with van der Waals surface area (Å²) in [6, 6.07) is 12.0. The molecular weight excluding hydrogens is 341 g/mol. The van der Waals surface area contributed by atoms with Crippen molar-refractivity contribution in [3.05, 3.63) is 59.4 Å². The van der Waals surface area contributed by atoms with Crippen LogP contribution >= 0.6 is 11.8 Å². The lowest BCUT2D eigenvalue weighted by atomic mass is 10.1. The largest absolute Gasteiger partial charge is 0.411 e. The smallest absolute Gasteiger partial charge is 0.277 e. The minimum Gasteiger partial charge on any atom is -0.411 e. The number of amides is 1. The van der Waals surface area contributed by atoms with Crippen molar-refractivity contribution in [2.24, 2.45) is 0 Å². The van der Waals surface area contributed by atoms with E-state index in [1.54, 1.807) is 6.92 Å². The second-order valence-electron chi connectivity index (χ2n) is 5.54. The Hall–Kier alpha value is -2.67.